The van der Waals surface area contributed by atoms with Crippen LogP contribution in [0.2, 0.25) is 0 Å². The summed E-state index contributed by atoms with van der Waals surface area (Å²) in [5.41, 5.74) is -9.36. The lowest BCUT2D eigenvalue weighted by molar-refractivity contribution is -0.346. The smallest absolute Gasteiger partial charge is 0.408 e. The van der Waals surface area contributed by atoms with Gasteiger partial charge in [-0.3, -0.25) is 9.59 Å². The molecule has 1 aromatic carbocycles. The molecule has 5 aliphatic rings. The zero-order valence-corrected chi connectivity index (χ0v) is 34.8. The van der Waals surface area contributed by atoms with Crippen molar-refractivity contribution in [3.05, 3.63) is 47.0 Å². The van der Waals surface area contributed by atoms with Crippen molar-refractivity contribution in [3.8, 4) is 0 Å². The minimum absolute atomic E-state index is 0.0277. The average Bonchev–Trinajstić information content (AvgIpc) is 3.15. The number of ether oxygens (including phenoxy) is 5. The summed E-state index contributed by atoms with van der Waals surface area (Å²) in [5.74, 6) is -11.6. The Morgan fingerprint density at radius 3 is 2.17 bits per heavy atom. The molecular weight excluding hydrogens is 776 g/mol. The third kappa shape index (κ3) is 7.45. The molecule has 0 spiro atoms. The van der Waals surface area contributed by atoms with Gasteiger partial charge in [-0.25, -0.2) is 14.4 Å². The summed E-state index contributed by atoms with van der Waals surface area (Å²) < 4.78 is 62.4. The molecule has 1 aliphatic heterocycles. The van der Waals surface area contributed by atoms with E-state index in [1.165, 1.54) is 39.8 Å². The van der Waals surface area contributed by atoms with Gasteiger partial charge in [-0.05, 0) is 76.7 Å². The maximum absolute atomic E-state index is 16.7. The number of carbonyl (C=O) groups excluding carboxylic acids is 5. The van der Waals surface area contributed by atoms with Crippen molar-refractivity contribution in [1.82, 2.24) is 5.32 Å². The second kappa shape index (κ2) is 15.5. The van der Waals surface area contributed by atoms with Gasteiger partial charge in [0.05, 0.1) is 29.6 Å². The lowest BCUT2D eigenvalue weighted by Crippen LogP contribution is -2.81. The first-order chi connectivity index (χ1) is 27.3. The molecule has 326 valence electrons. The number of amides is 1. The minimum atomic E-state index is -4.35. The molecule has 59 heavy (non-hydrogen) atoms. The Balaban J connectivity index is 1.49. The van der Waals surface area contributed by atoms with Gasteiger partial charge in [0.15, 0.2) is 11.4 Å². The molecule has 4 fully saturated rings. The summed E-state index contributed by atoms with van der Waals surface area (Å²) in [5, 5.41) is 39.6. The predicted molar refractivity (Wildman–Crippen MR) is 204 cm³/mol. The number of halogens is 2. The second-order valence-electron chi connectivity index (χ2n) is 18.7. The molecule has 0 aromatic heterocycles. The summed E-state index contributed by atoms with van der Waals surface area (Å²) in [7, 11) is 0. The summed E-state index contributed by atoms with van der Waals surface area (Å²) in [6.07, 6.45) is -7.99. The van der Waals surface area contributed by atoms with Crippen LogP contribution < -0.4 is 5.32 Å². The molecule has 14 nitrogen and oxygen atoms in total. The summed E-state index contributed by atoms with van der Waals surface area (Å²) in [6, 6.07) is 5.63. The number of ketones is 1. The van der Waals surface area contributed by atoms with E-state index < -0.39 is 118 Å². The lowest BCUT2D eigenvalue weighted by atomic mass is 9.44. The standard InChI is InChI=1S/C43H57F2NO13/c1-22-26(56-36(52)43(44,45)32(24-15-11-9-12-16-24)46-37(53)59-38(3,4)5)20-42(54)34(57-35(51)25-17-13-10-14-18-25)31-40(8,33(50)30(49)29(22)39(42,6)7)27(48)19-28-41(31,21-55-28)58-23(2)47/h10,13-14,17-18,24,26-28,30-32,34,48-49,54H,9,11-12,15-16,19-21H2,1-8H3,(H,46,53)/t26-,27-,28+,30+,31-,32?,34-,40+,41-,42+/m0/s1. The molecule has 1 heterocycles. The average molecular weight is 834 g/mol. The van der Waals surface area contributed by atoms with Gasteiger partial charge in [0.1, 0.15) is 41.7 Å². The summed E-state index contributed by atoms with van der Waals surface area (Å²) in [4.78, 5) is 68.8. The van der Waals surface area contributed by atoms with Gasteiger partial charge in [0.25, 0.3) is 0 Å². The van der Waals surface area contributed by atoms with E-state index in [4.69, 9.17) is 23.7 Å². The number of esters is 3. The first kappa shape index (κ1) is 44.6. The van der Waals surface area contributed by atoms with Crippen LogP contribution in [0.1, 0.15) is 111 Å². The molecule has 2 bridgehead atoms. The van der Waals surface area contributed by atoms with Gasteiger partial charge in [0, 0.05) is 25.2 Å². The summed E-state index contributed by atoms with van der Waals surface area (Å²) >= 11 is 0. The number of Topliss-reactive ketones (excluding diaryl/α,β-unsaturated/α-hetero) is 1. The van der Waals surface area contributed by atoms with Gasteiger partial charge in [0.2, 0.25) is 0 Å². The van der Waals surface area contributed by atoms with Crippen LogP contribution in [0.25, 0.3) is 0 Å². The number of alkyl halides is 2. The summed E-state index contributed by atoms with van der Waals surface area (Å²) in [6.45, 7) is 11.1. The monoisotopic (exact) mass is 833 g/mol. The first-order valence-electron chi connectivity index (χ1n) is 20.3. The molecule has 10 atom stereocenters. The zero-order valence-electron chi connectivity index (χ0n) is 34.8. The van der Waals surface area contributed by atoms with Crippen LogP contribution in [-0.2, 0) is 38.1 Å². The van der Waals surface area contributed by atoms with Crippen LogP contribution in [0.3, 0.4) is 0 Å². The molecule has 16 heteroatoms. The largest absolute Gasteiger partial charge is 0.455 e. The van der Waals surface area contributed by atoms with E-state index in [9.17, 15) is 39.3 Å². The molecule has 4 aliphatic carbocycles. The van der Waals surface area contributed by atoms with Gasteiger partial charge < -0.3 is 44.3 Å². The fourth-order valence-corrected chi connectivity index (χ4v) is 10.5. The third-order valence-electron chi connectivity index (χ3n) is 13.6. The maximum Gasteiger partial charge on any atom is 0.408 e. The molecule has 6 rings (SSSR count). The van der Waals surface area contributed by atoms with Crippen LogP contribution >= 0.6 is 0 Å². The molecule has 1 amide bonds. The number of aliphatic hydroxyl groups is 3. The Bertz CT molecular complexity index is 1870. The highest BCUT2D eigenvalue weighted by Gasteiger charge is 2.78. The Kier molecular flexibility index (Phi) is 11.7. The van der Waals surface area contributed by atoms with E-state index >= 15 is 8.78 Å². The molecule has 1 aromatic rings. The van der Waals surface area contributed by atoms with Crippen LogP contribution in [0, 0.1) is 22.7 Å². The number of carbonyl (C=O) groups is 5. The number of hydrogen-bond donors (Lipinski definition) is 4. The Hall–Kier alpha value is -3.99. The van der Waals surface area contributed by atoms with Crippen molar-refractivity contribution in [2.75, 3.05) is 6.61 Å². The Morgan fingerprint density at radius 2 is 1.61 bits per heavy atom. The number of alkyl carbamates (subject to hydrolysis) is 1. The van der Waals surface area contributed by atoms with Crippen LogP contribution in [0.5, 0.6) is 0 Å². The number of aliphatic hydroxyl groups excluding tert-OH is 2. The predicted octanol–water partition coefficient (Wildman–Crippen LogP) is 4.74. The van der Waals surface area contributed by atoms with E-state index in [1.54, 1.807) is 39.0 Å². The minimum Gasteiger partial charge on any atom is -0.455 e. The topological polar surface area (TPSA) is 204 Å². The second-order valence-corrected chi connectivity index (χ2v) is 18.7. The van der Waals surface area contributed by atoms with Crippen LogP contribution in [-0.4, -0.2) is 111 Å². The maximum atomic E-state index is 16.7. The number of benzene rings is 1. The first-order valence-corrected chi connectivity index (χ1v) is 20.3. The van der Waals surface area contributed by atoms with Crippen LogP contribution in [0.4, 0.5) is 13.6 Å². The van der Waals surface area contributed by atoms with Gasteiger partial charge in [-0.1, -0.05) is 51.3 Å². The Labute approximate surface area is 342 Å². The van der Waals surface area contributed by atoms with E-state index in [0.29, 0.717) is 12.8 Å². The van der Waals surface area contributed by atoms with Crippen molar-refractivity contribution in [2.45, 2.75) is 160 Å². The van der Waals surface area contributed by atoms with Gasteiger partial charge in [-0.2, -0.15) is 8.78 Å². The van der Waals surface area contributed by atoms with Gasteiger partial charge >= 0.3 is 29.9 Å². The molecule has 1 unspecified atom stereocenters. The fraction of sp³-hybridized carbons (Fsp3) is 0.698. The van der Waals surface area contributed by atoms with E-state index in [0.717, 1.165) is 13.3 Å². The van der Waals surface area contributed by atoms with E-state index in [1.807, 2.05) is 0 Å². The highest BCUT2D eigenvalue weighted by molar-refractivity contribution is 5.94. The Morgan fingerprint density at radius 1 is 0.983 bits per heavy atom. The highest BCUT2D eigenvalue weighted by atomic mass is 19.3. The van der Waals surface area contributed by atoms with E-state index in [-0.39, 0.29) is 42.6 Å². The normalized spacial score (nSPS) is 35.0. The molecule has 4 N–H and O–H groups in total. The van der Waals surface area contributed by atoms with Crippen molar-refractivity contribution in [1.29, 1.82) is 0 Å². The van der Waals surface area contributed by atoms with Crippen LogP contribution in [0.15, 0.2) is 41.5 Å². The SMILES string of the molecule is CC(=O)O[C@@]12CO[C@@H]1C[C@H](O)[C@@]1(C)C(=O)[C@H](O)C3=C(C)[C@@H](OC(=O)C(F)(F)C(NC(=O)OC(C)(C)C)C4CCCCC4)C[C@@](O)([C@@H](OC(=O)c4ccccc4)[C@H]21)C3(C)C. The van der Waals surface area contributed by atoms with E-state index in [2.05, 4.69) is 5.32 Å². The van der Waals surface area contributed by atoms with Crippen molar-refractivity contribution in [3.63, 3.8) is 0 Å². The van der Waals surface area contributed by atoms with Crippen molar-refractivity contribution in [2.24, 2.45) is 22.7 Å². The number of rotatable bonds is 8. The molecule has 0 radical (unpaired) electrons. The highest BCUT2D eigenvalue weighted by Crippen LogP contribution is 2.64. The molecular formula is C43H57F2NO13. The molecule has 1 saturated heterocycles. The molecule has 3 saturated carbocycles. The third-order valence-corrected chi connectivity index (χ3v) is 13.6. The number of nitrogens with one attached hydrogen (secondary N) is 1. The zero-order chi connectivity index (χ0) is 43.7. The fourth-order valence-electron chi connectivity index (χ4n) is 10.5. The van der Waals surface area contributed by atoms with Crippen molar-refractivity contribution < 1.29 is 71.8 Å². The number of hydrogen-bond acceptors (Lipinski definition) is 13. The number of fused-ring (bicyclic) bond motifs is 5. The lowest BCUT2D eigenvalue weighted by Gasteiger charge is -2.67. The van der Waals surface area contributed by atoms with Crippen molar-refractivity contribution >= 4 is 29.8 Å². The quantitative estimate of drug-likeness (QED) is 0.159. The van der Waals surface area contributed by atoms with Gasteiger partial charge in [-0.15, -0.1) is 0 Å².